The van der Waals surface area contributed by atoms with Gasteiger partial charge in [0.25, 0.3) is 0 Å². The molecular formula is C15H12ClF3O. The Balaban J connectivity index is 2.30. The van der Waals surface area contributed by atoms with Crippen LogP contribution in [0.3, 0.4) is 0 Å². The lowest BCUT2D eigenvalue weighted by molar-refractivity contribution is 0.173. The zero-order valence-electron chi connectivity index (χ0n) is 10.6. The van der Waals surface area contributed by atoms with Gasteiger partial charge in [-0.25, -0.2) is 13.2 Å². The summed E-state index contributed by atoms with van der Waals surface area (Å²) >= 11 is 5.45. The zero-order valence-corrected chi connectivity index (χ0v) is 11.4. The molecule has 2 aromatic carbocycles. The average Bonchev–Trinajstić information content (AvgIpc) is 2.38. The summed E-state index contributed by atoms with van der Waals surface area (Å²) < 4.78 is 40.2. The van der Waals surface area contributed by atoms with E-state index >= 15 is 0 Å². The summed E-state index contributed by atoms with van der Waals surface area (Å²) in [6, 6.07) is 5.80. The Kier molecular flexibility index (Phi) is 4.35. The van der Waals surface area contributed by atoms with E-state index in [2.05, 4.69) is 0 Å². The molecule has 0 aromatic heterocycles. The largest absolute Gasteiger partial charge is 0.388 e. The van der Waals surface area contributed by atoms with Crippen molar-refractivity contribution in [2.75, 3.05) is 0 Å². The third kappa shape index (κ3) is 3.14. The van der Waals surface area contributed by atoms with Crippen LogP contribution in [0.1, 0.15) is 22.8 Å². The highest BCUT2D eigenvalue weighted by molar-refractivity contribution is 6.30. The number of rotatable bonds is 3. The molecule has 0 bridgehead atoms. The normalized spacial score (nSPS) is 12.5. The Morgan fingerprint density at radius 1 is 1.10 bits per heavy atom. The summed E-state index contributed by atoms with van der Waals surface area (Å²) in [7, 11) is 0. The number of hydrogen-bond donors (Lipinski definition) is 1. The maximum atomic E-state index is 13.7. The van der Waals surface area contributed by atoms with Crippen molar-refractivity contribution in [1.29, 1.82) is 0 Å². The van der Waals surface area contributed by atoms with Crippen molar-refractivity contribution < 1.29 is 18.3 Å². The van der Waals surface area contributed by atoms with E-state index in [-0.39, 0.29) is 17.0 Å². The Morgan fingerprint density at radius 2 is 1.80 bits per heavy atom. The van der Waals surface area contributed by atoms with Gasteiger partial charge in [-0.2, -0.15) is 0 Å². The predicted molar refractivity (Wildman–Crippen MR) is 71.2 cm³/mol. The monoisotopic (exact) mass is 300 g/mol. The molecule has 0 aliphatic heterocycles. The lowest BCUT2D eigenvalue weighted by atomic mass is 9.97. The van der Waals surface area contributed by atoms with Crippen molar-refractivity contribution in [2.24, 2.45) is 0 Å². The molecular weight excluding hydrogens is 289 g/mol. The SMILES string of the molecule is Cc1ccc(F)cc1CC(O)c1cc(F)c(Cl)cc1F. The minimum atomic E-state index is -1.28. The maximum absolute atomic E-state index is 13.7. The van der Waals surface area contributed by atoms with Crippen LogP contribution in [0.4, 0.5) is 13.2 Å². The number of halogens is 4. The molecule has 20 heavy (non-hydrogen) atoms. The fourth-order valence-corrected chi connectivity index (χ4v) is 2.12. The first-order valence-electron chi connectivity index (χ1n) is 5.96. The fraction of sp³-hybridized carbons (Fsp3) is 0.200. The van der Waals surface area contributed by atoms with Gasteiger partial charge in [0.2, 0.25) is 0 Å². The smallest absolute Gasteiger partial charge is 0.142 e. The third-order valence-corrected chi connectivity index (χ3v) is 3.41. The fourth-order valence-electron chi connectivity index (χ4n) is 1.97. The van der Waals surface area contributed by atoms with Gasteiger partial charge in [-0.05, 0) is 42.3 Å². The van der Waals surface area contributed by atoms with Gasteiger partial charge in [0, 0.05) is 12.0 Å². The maximum Gasteiger partial charge on any atom is 0.142 e. The van der Waals surface area contributed by atoms with Crippen molar-refractivity contribution >= 4 is 11.6 Å². The summed E-state index contributed by atoms with van der Waals surface area (Å²) in [5.41, 5.74) is 1.10. The Morgan fingerprint density at radius 3 is 2.50 bits per heavy atom. The van der Waals surface area contributed by atoms with E-state index in [1.54, 1.807) is 13.0 Å². The Labute approximate surface area is 119 Å². The predicted octanol–water partition coefficient (Wildman–Crippen LogP) is 4.34. The molecule has 0 spiro atoms. The Bertz CT molecular complexity index is 643. The highest BCUT2D eigenvalue weighted by Crippen LogP contribution is 2.27. The summed E-state index contributed by atoms with van der Waals surface area (Å²) in [6.45, 7) is 1.75. The molecule has 2 aromatic rings. The Hall–Kier alpha value is -1.52. The molecule has 0 radical (unpaired) electrons. The van der Waals surface area contributed by atoms with Crippen LogP contribution < -0.4 is 0 Å². The van der Waals surface area contributed by atoms with Crippen LogP contribution in [0.15, 0.2) is 30.3 Å². The first-order valence-corrected chi connectivity index (χ1v) is 6.34. The molecule has 0 saturated carbocycles. The third-order valence-electron chi connectivity index (χ3n) is 3.12. The van der Waals surface area contributed by atoms with E-state index < -0.39 is 23.6 Å². The number of aliphatic hydroxyl groups is 1. The van der Waals surface area contributed by atoms with Gasteiger partial charge in [-0.15, -0.1) is 0 Å². The van der Waals surface area contributed by atoms with Crippen LogP contribution in [-0.4, -0.2) is 5.11 Å². The van der Waals surface area contributed by atoms with Crippen molar-refractivity contribution in [1.82, 2.24) is 0 Å². The number of aryl methyl sites for hydroxylation is 1. The first-order chi connectivity index (χ1) is 9.38. The van der Waals surface area contributed by atoms with E-state index in [1.165, 1.54) is 12.1 Å². The number of aliphatic hydroxyl groups excluding tert-OH is 1. The highest BCUT2D eigenvalue weighted by atomic mass is 35.5. The number of hydrogen-bond acceptors (Lipinski definition) is 1. The second kappa shape index (κ2) is 5.85. The van der Waals surface area contributed by atoms with Gasteiger partial charge in [0.05, 0.1) is 11.1 Å². The molecule has 1 unspecified atom stereocenters. The van der Waals surface area contributed by atoms with Crippen LogP contribution >= 0.6 is 11.6 Å². The van der Waals surface area contributed by atoms with Gasteiger partial charge in [0.1, 0.15) is 17.5 Å². The van der Waals surface area contributed by atoms with Crippen LogP contribution in [0.2, 0.25) is 5.02 Å². The van der Waals surface area contributed by atoms with Gasteiger partial charge in [-0.3, -0.25) is 0 Å². The van der Waals surface area contributed by atoms with Crippen LogP contribution in [0.25, 0.3) is 0 Å². The van der Waals surface area contributed by atoms with Gasteiger partial charge in [-0.1, -0.05) is 17.7 Å². The molecule has 0 aliphatic rings. The minimum Gasteiger partial charge on any atom is -0.388 e. The minimum absolute atomic E-state index is 0.0123. The van der Waals surface area contributed by atoms with E-state index in [0.717, 1.165) is 17.7 Å². The first kappa shape index (κ1) is 14.9. The standard InChI is InChI=1S/C15H12ClF3O/c1-8-2-3-10(17)4-9(8)5-15(20)11-6-14(19)12(16)7-13(11)18/h2-4,6-7,15,20H,5H2,1H3. The van der Waals surface area contributed by atoms with E-state index in [9.17, 15) is 18.3 Å². The van der Waals surface area contributed by atoms with Crippen LogP contribution in [0.5, 0.6) is 0 Å². The zero-order chi connectivity index (χ0) is 14.9. The molecule has 2 rings (SSSR count). The second-order valence-electron chi connectivity index (χ2n) is 4.58. The topological polar surface area (TPSA) is 20.2 Å². The molecule has 1 nitrogen and oxygen atoms in total. The van der Waals surface area contributed by atoms with Gasteiger partial charge in [0.15, 0.2) is 0 Å². The molecule has 0 saturated heterocycles. The van der Waals surface area contributed by atoms with Crippen molar-refractivity contribution in [3.8, 4) is 0 Å². The number of benzene rings is 2. The molecule has 0 heterocycles. The molecule has 0 aliphatic carbocycles. The summed E-state index contributed by atoms with van der Waals surface area (Å²) in [6.07, 6.45) is -1.29. The van der Waals surface area contributed by atoms with Gasteiger partial charge >= 0.3 is 0 Å². The van der Waals surface area contributed by atoms with Crippen molar-refractivity contribution in [3.63, 3.8) is 0 Å². The quantitative estimate of drug-likeness (QED) is 0.836. The molecule has 1 atom stereocenters. The van der Waals surface area contributed by atoms with Crippen molar-refractivity contribution in [3.05, 3.63) is 69.5 Å². The molecule has 0 fully saturated rings. The lowest BCUT2D eigenvalue weighted by Crippen LogP contribution is -2.06. The van der Waals surface area contributed by atoms with E-state index in [1.807, 2.05) is 0 Å². The van der Waals surface area contributed by atoms with Crippen LogP contribution in [0, 0.1) is 24.4 Å². The van der Waals surface area contributed by atoms with E-state index in [0.29, 0.717) is 5.56 Å². The molecule has 106 valence electrons. The summed E-state index contributed by atoms with van der Waals surface area (Å²) in [4.78, 5) is 0. The highest BCUT2D eigenvalue weighted by Gasteiger charge is 2.17. The molecule has 1 N–H and O–H groups in total. The van der Waals surface area contributed by atoms with Crippen LogP contribution in [-0.2, 0) is 6.42 Å². The van der Waals surface area contributed by atoms with E-state index in [4.69, 9.17) is 11.6 Å². The van der Waals surface area contributed by atoms with Gasteiger partial charge < -0.3 is 5.11 Å². The summed E-state index contributed by atoms with van der Waals surface area (Å²) in [5.74, 6) is -2.04. The van der Waals surface area contributed by atoms with Crippen molar-refractivity contribution in [2.45, 2.75) is 19.4 Å². The second-order valence-corrected chi connectivity index (χ2v) is 4.99. The lowest BCUT2D eigenvalue weighted by Gasteiger charge is -2.14. The molecule has 5 heteroatoms. The summed E-state index contributed by atoms with van der Waals surface area (Å²) in [5, 5.41) is 9.67. The average molecular weight is 301 g/mol. The molecule has 0 amide bonds.